The molecule has 0 aromatic carbocycles. The number of nitrogens with one attached hydrogen (secondary N) is 1. The van der Waals surface area contributed by atoms with Crippen molar-refractivity contribution in [1.82, 2.24) is 20.3 Å². The maximum Gasteiger partial charge on any atom is 0.189 e. The van der Waals surface area contributed by atoms with Crippen LogP contribution in [-0.2, 0) is 6.42 Å². The maximum atomic E-state index is 5.64. The van der Waals surface area contributed by atoms with Crippen molar-refractivity contribution < 1.29 is 0 Å². The summed E-state index contributed by atoms with van der Waals surface area (Å²) in [5.74, 6) is 2.34. The number of hydrazone groups is 1. The molecule has 1 N–H and O–H groups in total. The zero-order valence-corrected chi connectivity index (χ0v) is 16.6. The normalized spacial score (nSPS) is 24.9. The Morgan fingerprint density at radius 2 is 1.82 bits per heavy atom. The molecule has 0 spiro atoms. The van der Waals surface area contributed by atoms with Crippen LogP contribution in [0.5, 0.6) is 0 Å². The first-order chi connectivity index (χ1) is 13.8. The van der Waals surface area contributed by atoms with Gasteiger partial charge in [-0.15, -0.1) is 0 Å². The SMILES string of the molecule is S=C(N/N=C1/CCCc2cccnc21)N1C[C@@H]2CN(c3ccccn3)C[C@@H]2C1. The van der Waals surface area contributed by atoms with E-state index < -0.39 is 0 Å². The maximum absolute atomic E-state index is 5.64. The van der Waals surface area contributed by atoms with Crippen LogP contribution in [0.4, 0.5) is 5.82 Å². The van der Waals surface area contributed by atoms with Crippen LogP contribution in [0.25, 0.3) is 0 Å². The lowest BCUT2D eigenvalue weighted by atomic mass is 9.95. The van der Waals surface area contributed by atoms with Gasteiger partial charge in [-0.2, -0.15) is 5.10 Å². The summed E-state index contributed by atoms with van der Waals surface area (Å²) in [6.45, 7) is 4.07. The highest BCUT2D eigenvalue weighted by Crippen LogP contribution is 2.33. The van der Waals surface area contributed by atoms with E-state index in [9.17, 15) is 0 Å². The molecule has 2 aromatic rings. The second-order valence-corrected chi connectivity index (χ2v) is 8.24. The summed E-state index contributed by atoms with van der Waals surface area (Å²) < 4.78 is 0. The molecule has 3 aliphatic rings. The van der Waals surface area contributed by atoms with Gasteiger partial charge in [-0.25, -0.2) is 4.98 Å². The Bertz CT molecular complexity index is 885. The van der Waals surface area contributed by atoms with Crippen molar-refractivity contribution in [3.63, 3.8) is 0 Å². The van der Waals surface area contributed by atoms with E-state index in [0.717, 1.165) is 67.8 Å². The van der Waals surface area contributed by atoms with Crippen LogP contribution < -0.4 is 10.3 Å². The zero-order chi connectivity index (χ0) is 18.9. The lowest BCUT2D eigenvalue weighted by Gasteiger charge is -2.24. The van der Waals surface area contributed by atoms with Crippen LogP contribution in [0, 0.1) is 11.8 Å². The summed E-state index contributed by atoms with van der Waals surface area (Å²) in [4.78, 5) is 13.7. The van der Waals surface area contributed by atoms with Crippen LogP contribution in [-0.4, -0.2) is 51.9 Å². The lowest BCUT2D eigenvalue weighted by molar-refractivity contribution is 0.468. The van der Waals surface area contributed by atoms with Crippen molar-refractivity contribution in [2.75, 3.05) is 31.1 Å². The molecule has 6 nitrogen and oxygen atoms in total. The van der Waals surface area contributed by atoms with Crippen molar-refractivity contribution in [3.8, 4) is 0 Å². The van der Waals surface area contributed by atoms with E-state index in [1.54, 1.807) is 0 Å². The van der Waals surface area contributed by atoms with Gasteiger partial charge in [0.05, 0.1) is 11.4 Å². The summed E-state index contributed by atoms with van der Waals surface area (Å²) >= 11 is 5.64. The number of aromatic nitrogens is 2. The highest BCUT2D eigenvalue weighted by Gasteiger charge is 2.41. The van der Waals surface area contributed by atoms with E-state index in [0.29, 0.717) is 11.8 Å². The molecule has 5 rings (SSSR count). The van der Waals surface area contributed by atoms with Crippen LogP contribution in [0.2, 0.25) is 0 Å². The molecule has 0 unspecified atom stereocenters. The highest BCUT2D eigenvalue weighted by atomic mass is 32.1. The molecular formula is C21H24N6S. The predicted molar refractivity (Wildman–Crippen MR) is 114 cm³/mol. The molecule has 2 aromatic heterocycles. The van der Waals surface area contributed by atoms with Crippen molar-refractivity contribution in [3.05, 3.63) is 54.0 Å². The molecule has 2 aliphatic heterocycles. The van der Waals surface area contributed by atoms with Gasteiger partial charge in [-0.1, -0.05) is 12.1 Å². The van der Waals surface area contributed by atoms with Crippen LogP contribution >= 0.6 is 12.2 Å². The van der Waals surface area contributed by atoms with Gasteiger partial charge in [-0.05, 0) is 55.2 Å². The first kappa shape index (κ1) is 17.6. The predicted octanol–water partition coefficient (Wildman–Crippen LogP) is 2.46. The van der Waals surface area contributed by atoms with E-state index in [2.05, 4.69) is 48.5 Å². The van der Waals surface area contributed by atoms with Crippen LogP contribution in [0.1, 0.15) is 24.1 Å². The van der Waals surface area contributed by atoms with E-state index >= 15 is 0 Å². The molecular weight excluding hydrogens is 368 g/mol. The van der Waals surface area contributed by atoms with Gasteiger partial charge in [0, 0.05) is 50.4 Å². The van der Waals surface area contributed by atoms with E-state index in [1.165, 1.54) is 5.56 Å². The third-order valence-electron chi connectivity index (χ3n) is 6.06. The Morgan fingerprint density at radius 1 is 1.00 bits per heavy atom. The molecule has 0 amide bonds. The molecule has 4 heterocycles. The number of nitrogens with zero attached hydrogens (tertiary/aromatic N) is 5. The number of aryl methyl sites for hydroxylation is 1. The van der Waals surface area contributed by atoms with Gasteiger partial charge in [0.25, 0.3) is 0 Å². The van der Waals surface area contributed by atoms with Crippen molar-refractivity contribution in [1.29, 1.82) is 0 Å². The van der Waals surface area contributed by atoms with Crippen molar-refractivity contribution in [2.24, 2.45) is 16.9 Å². The quantitative estimate of drug-likeness (QED) is 0.626. The van der Waals surface area contributed by atoms with Gasteiger partial charge in [0.15, 0.2) is 5.11 Å². The summed E-state index contributed by atoms with van der Waals surface area (Å²) in [7, 11) is 0. The fourth-order valence-corrected chi connectivity index (χ4v) is 4.84. The molecule has 0 radical (unpaired) electrons. The van der Waals surface area contributed by atoms with Gasteiger partial charge in [-0.3, -0.25) is 10.4 Å². The van der Waals surface area contributed by atoms with Gasteiger partial charge < -0.3 is 9.80 Å². The van der Waals surface area contributed by atoms with Gasteiger partial charge in [0.1, 0.15) is 5.82 Å². The molecule has 144 valence electrons. The minimum Gasteiger partial charge on any atom is -0.356 e. The number of hydrogen-bond donors (Lipinski definition) is 1. The first-order valence-corrected chi connectivity index (χ1v) is 10.4. The Balaban J connectivity index is 1.20. The number of anilines is 1. The number of pyridine rings is 2. The second kappa shape index (κ2) is 7.47. The summed E-state index contributed by atoms with van der Waals surface area (Å²) in [6.07, 6.45) is 6.85. The minimum atomic E-state index is 0.631. The monoisotopic (exact) mass is 392 g/mol. The van der Waals surface area contributed by atoms with E-state index in [4.69, 9.17) is 12.2 Å². The van der Waals surface area contributed by atoms with Crippen LogP contribution in [0.15, 0.2) is 47.8 Å². The Labute approximate surface area is 170 Å². The molecule has 28 heavy (non-hydrogen) atoms. The number of likely N-dealkylation sites (tertiary alicyclic amines) is 1. The molecule has 2 saturated heterocycles. The largest absolute Gasteiger partial charge is 0.356 e. The van der Waals surface area contributed by atoms with Crippen LogP contribution in [0.3, 0.4) is 0 Å². The molecule has 0 bridgehead atoms. The average molecular weight is 393 g/mol. The molecule has 7 heteroatoms. The molecule has 0 saturated carbocycles. The number of hydrogen-bond acceptors (Lipinski definition) is 5. The van der Waals surface area contributed by atoms with E-state index in [-0.39, 0.29) is 0 Å². The number of fused-ring (bicyclic) bond motifs is 2. The molecule has 1 aliphatic carbocycles. The standard InChI is InChI=1S/C21H24N6S/c28-21(25-24-18-7-3-5-15-6-4-10-23-20(15)18)27-13-16-11-26(12-17(16)14-27)19-8-1-2-9-22-19/h1-2,4,6,8-10,16-17H,3,5,7,11-14H2,(H,25,28)/b24-18-/t16-,17+. The fourth-order valence-electron chi connectivity index (χ4n) is 4.65. The Hall–Kier alpha value is -2.54. The second-order valence-electron chi connectivity index (χ2n) is 7.86. The number of thiocarbonyl (C=S) groups is 1. The minimum absolute atomic E-state index is 0.631. The average Bonchev–Trinajstić information content (AvgIpc) is 3.32. The smallest absolute Gasteiger partial charge is 0.189 e. The summed E-state index contributed by atoms with van der Waals surface area (Å²) in [6, 6.07) is 10.3. The first-order valence-electron chi connectivity index (χ1n) is 9.99. The summed E-state index contributed by atoms with van der Waals surface area (Å²) in [5, 5.41) is 5.36. The lowest BCUT2D eigenvalue weighted by Crippen LogP contribution is -2.38. The Kier molecular flexibility index (Phi) is 4.68. The molecule has 2 atom stereocenters. The topological polar surface area (TPSA) is 56.7 Å². The third-order valence-corrected chi connectivity index (χ3v) is 6.41. The van der Waals surface area contributed by atoms with Crippen molar-refractivity contribution >= 4 is 28.9 Å². The number of rotatable bonds is 2. The van der Waals surface area contributed by atoms with Gasteiger partial charge in [0.2, 0.25) is 0 Å². The zero-order valence-electron chi connectivity index (χ0n) is 15.8. The highest BCUT2D eigenvalue weighted by molar-refractivity contribution is 7.80. The van der Waals surface area contributed by atoms with Crippen molar-refractivity contribution in [2.45, 2.75) is 19.3 Å². The van der Waals surface area contributed by atoms with Gasteiger partial charge >= 0.3 is 0 Å². The third kappa shape index (κ3) is 3.35. The summed E-state index contributed by atoms with van der Waals surface area (Å²) in [5.41, 5.74) is 6.47. The fraction of sp³-hybridized carbons (Fsp3) is 0.429. The van der Waals surface area contributed by atoms with E-state index in [1.807, 2.05) is 24.5 Å². The Morgan fingerprint density at radius 3 is 2.61 bits per heavy atom. The molecule has 2 fully saturated rings.